The summed E-state index contributed by atoms with van der Waals surface area (Å²) in [5, 5.41) is 3.33. The quantitative estimate of drug-likeness (QED) is 0.843. The summed E-state index contributed by atoms with van der Waals surface area (Å²) in [5.74, 6) is 0.242. The predicted molar refractivity (Wildman–Crippen MR) is 68.0 cm³/mol. The second-order valence-corrected chi connectivity index (χ2v) is 5.09. The van der Waals surface area contributed by atoms with Gasteiger partial charge in [-0.15, -0.1) is 0 Å². The molecule has 1 aliphatic carbocycles. The number of carbonyl (C=O) groups is 1. The van der Waals surface area contributed by atoms with Gasteiger partial charge in [0.25, 0.3) is 0 Å². The van der Waals surface area contributed by atoms with E-state index < -0.39 is 0 Å². The maximum atomic E-state index is 12.3. The van der Waals surface area contributed by atoms with E-state index in [4.69, 9.17) is 0 Å². The van der Waals surface area contributed by atoms with E-state index in [9.17, 15) is 4.79 Å². The Bertz CT molecular complexity index is 415. The zero-order chi connectivity index (χ0) is 11.8. The molecule has 0 aromatic heterocycles. The van der Waals surface area contributed by atoms with Crippen LogP contribution >= 0.6 is 0 Å². The zero-order valence-electron chi connectivity index (χ0n) is 10.1. The largest absolute Gasteiger partial charge is 0.373 e. The van der Waals surface area contributed by atoms with Crippen molar-refractivity contribution in [2.24, 2.45) is 0 Å². The first-order chi connectivity index (χ1) is 8.25. The minimum absolute atomic E-state index is 0.0574. The van der Waals surface area contributed by atoms with Crippen molar-refractivity contribution in [2.75, 3.05) is 12.4 Å². The number of rotatable bonds is 2. The third kappa shape index (κ3) is 1.79. The van der Waals surface area contributed by atoms with Crippen LogP contribution in [0.15, 0.2) is 24.3 Å². The highest BCUT2D eigenvalue weighted by molar-refractivity contribution is 5.87. The fourth-order valence-electron chi connectivity index (χ4n) is 2.65. The van der Waals surface area contributed by atoms with Crippen molar-refractivity contribution in [3.8, 4) is 0 Å². The van der Waals surface area contributed by atoms with Crippen molar-refractivity contribution in [3.63, 3.8) is 0 Å². The number of likely N-dealkylation sites (N-methyl/N-ethyl adjacent to an activating group) is 1. The molecule has 2 aliphatic rings. The Morgan fingerprint density at radius 2 is 2.12 bits per heavy atom. The van der Waals surface area contributed by atoms with E-state index in [1.54, 1.807) is 0 Å². The molecule has 1 fully saturated rings. The summed E-state index contributed by atoms with van der Waals surface area (Å²) in [6.07, 6.45) is 4.43. The van der Waals surface area contributed by atoms with Crippen molar-refractivity contribution < 1.29 is 4.79 Å². The van der Waals surface area contributed by atoms with E-state index in [1.807, 2.05) is 30.1 Å². The summed E-state index contributed by atoms with van der Waals surface area (Å²) in [4.78, 5) is 14.2. The Kier molecular flexibility index (Phi) is 2.54. The molecule has 1 aromatic rings. The van der Waals surface area contributed by atoms with Gasteiger partial charge >= 0.3 is 0 Å². The lowest BCUT2D eigenvalue weighted by molar-refractivity contribution is -0.134. The van der Waals surface area contributed by atoms with E-state index in [0.29, 0.717) is 6.04 Å². The van der Waals surface area contributed by atoms with Crippen LogP contribution in [0, 0.1) is 0 Å². The van der Waals surface area contributed by atoms with Gasteiger partial charge in [0.2, 0.25) is 5.91 Å². The standard InChI is InChI=1S/C14H18N2O/c1-16(11-6-4-7-11)14(17)13-9-10-5-2-3-8-12(10)15-13/h2-3,5,8,11,13,15H,4,6-7,9H2,1H3/t13-/m0/s1. The van der Waals surface area contributed by atoms with Crippen molar-refractivity contribution in [2.45, 2.75) is 37.8 Å². The molecule has 1 aromatic carbocycles. The Hall–Kier alpha value is -1.51. The maximum Gasteiger partial charge on any atom is 0.245 e. The van der Waals surface area contributed by atoms with Gasteiger partial charge in [0, 0.05) is 25.2 Å². The van der Waals surface area contributed by atoms with Gasteiger partial charge in [-0.3, -0.25) is 4.79 Å². The van der Waals surface area contributed by atoms with Gasteiger partial charge in [0.1, 0.15) is 6.04 Å². The van der Waals surface area contributed by atoms with E-state index in [1.165, 1.54) is 24.8 Å². The summed E-state index contributed by atoms with van der Waals surface area (Å²) < 4.78 is 0. The van der Waals surface area contributed by atoms with Gasteiger partial charge in [-0.05, 0) is 30.9 Å². The first-order valence-corrected chi connectivity index (χ1v) is 6.37. The average molecular weight is 230 g/mol. The molecule has 1 saturated carbocycles. The number of hydrogen-bond donors (Lipinski definition) is 1. The van der Waals surface area contributed by atoms with Crippen LogP contribution in [0.5, 0.6) is 0 Å². The van der Waals surface area contributed by atoms with Crippen LogP contribution in [-0.2, 0) is 11.2 Å². The zero-order valence-corrected chi connectivity index (χ0v) is 10.1. The third-order valence-electron chi connectivity index (χ3n) is 4.04. The minimum atomic E-state index is -0.0574. The maximum absolute atomic E-state index is 12.3. The highest BCUT2D eigenvalue weighted by atomic mass is 16.2. The lowest BCUT2D eigenvalue weighted by Crippen LogP contribution is -2.47. The van der Waals surface area contributed by atoms with Crippen LogP contribution in [0.2, 0.25) is 0 Å². The molecule has 17 heavy (non-hydrogen) atoms. The summed E-state index contributed by atoms with van der Waals surface area (Å²) >= 11 is 0. The van der Waals surface area contributed by atoms with E-state index in [-0.39, 0.29) is 11.9 Å². The highest BCUT2D eigenvalue weighted by Gasteiger charge is 2.33. The van der Waals surface area contributed by atoms with Crippen LogP contribution in [-0.4, -0.2) is 29.9 Å². The van der Waals surface area contributed by atoms with E-state index >= 15 is 0 Å². The highest BCUT2D eigenvalue weighted by Crippen LogP contribution is 2.28. The Morgan fingerprint density at radius 1 is 1.35 bits per heavy atom. The van der Waals surface area contributed by atoms with E-state index in [0.717, 1.165) is 12.1 Å². The molecule has 0 saturated heterocycles. The van der Waals surface area contributed by atoms with E-state index in [2.05, 4.69) is 11.4 Å². The second kappa shape index (κ2) is 4.06. The van der Waals surface area contributed by atoms with Crippen LogP contribution in [0.4, 0.5) is 5.69 Å². The van der Waals surface area contributed by atoms with Gasteiger partial charge < -0.3 is 10.2 Å². The molecule has 0 bridgehead atoms. The summed E-state index contributed by atoms with van der Waals surface area (Å²) in [5.41, 5.74) is 2.38. The van der Waals surface area contributed by atoms with Gasteiger partial charge in [-0.2, -0.15) is 0 Å². The minimum Gasteiger partial charge on any atom is -0.373 e. The number of anilines is 1. The van der Waals surface area contributed by atoms with Gasteiger partial charge in [0.15, 0.2) is 0 Å². The number of nitrogens with zero attached hydrogens (tertiary/aromatic N) is 1. The Morgan fingerprint density at radius 3 is 2.76 bits per heavy atom. The fourth-order valence-corrected chi connectivity index (χ4v) is 2.65. The molecule has 1 atom stereocenters. The molecule has 1 aliphatic heterocycles. The number of para-hydroxylation sites is 1. The summed E-state index contributed by atoms with van der Waals surface area (Å²) in [6, 6.07) is 8.61. The summed E-state index contributed by atoms with van der Waals surface area (Å²) in [6.45, 7) is 0. The molecule has 1 heterocycles. The molecule has 0 spiro atoms. The van der Waals surface area contributed by atoms with Gasteiger partial charge in [-0.25, -0.2) is 0 Å². The number of benzene rings is 1. The Labute approximate surface area is 102 Å². The normalized spacial score (nSPS) is 22.5. The van der Waals surface area contributed by atoms with Crippen molar-refractivity contribution in [1.82, 2.24) is 4.90 Å². The first kappa shape index (κ1) is 10.6. The molecule has 3 rings (SSSR count). The molecule has 1 amide bonds. The molecular formula is C14H18N2O. The SMILES string of the molecule is CN(C(=O)[C@@H]1Cc2ccccc2N1)C1CCC1. The molecule has 0 unspecified atom stereocenters. The second-order valence-electron chi connectivity index (χ2n) is 5.09. The smallest absolute Gasteiger partial charge is 0.245 e. The first-order valence-electron chi connectivity index (χ1n) is 6.37. The number of fused-ring (bicyclic) bond motifs is 1. The molecule has 1 N–H and O–H groups in total. The van der Waals surface area contributed by atoms with Crippen molar-refractivity contribution in [1.29, 1.82) is 0 Å². The average Bonchev–Trinajstić information content (AvgIpc) is 2.68. The molecule has 90 valence electrons. The summed E-state index contributed by atoms with van der Waals surface area (Å²) in [7, 11) is 1.94. The lowest BCUT2D eigenvalue weighted by Gasteiger charge is -2.36. The lowest BCUT2D eigenvalue weighted by atomic mass is 9.91. The monoisotopic (exact) mass is 230 g/mol. The molecule has 3 heteroatoms. The number of nitrogens with one attached hydrogen (secondary N) is 1. The molecular weight excluding hydrogens is 212 g/mol. The third-order valence-corrected chi connectivity index (χ3v) is 4.04. The van der Waals surface area contributed by atoms with Crippen LogP contribution in [0.1, 0.15) is 24.8 Å². The Balaban J connectivity index is 1.69. The van der Waals surface area contributed by atoms with Crippen molar-refractivity contribution in [3.05, 3.63) is 29.8 Å². The number of hydrogen-bond acceptors (Lipinski definition) is 2. The molecule has 0 radical (unpaired) electrons. The van der Waals surface area contributed by atoms with Crippen LogP contribution in [0.25, 0.3) is 0 Å². The van der Waals surface area contributed by atoms with Crippen molar-refractivity contribution >= 4 is 11.6 Å². The predicted octanol–water partition coefficient (Wildman–Crippen LogP) is 2.03. The fraction of sp³-hybridized carbons (Fsp3) is 0.500. The molecule has 3 nitrogen and oxygen atoms in total. The van der Waals surface area contributed by atoms with Gasteiger partial charge in [0.05, 0.1) is 0 Å². The van der Waals surface area contributed by atoms with Crippen LogP contribution in [0.3, 0.4) is 0 Å². The number of carbonyl (C=O) groups excluding carboxylic acids is 1. The topological polar surface area (TPSA) is 32.3 Å². The van der Waals surface area contributed by atoms with Gasteiger partial charge in [-0.1, -0.05) is 18.2 Å². The number of amides is 1. The van der Waals surface area contributed by atoms with Crippen LogP contribution < -0.4 is 5.32 Å².